The second kappa shape index (κ2) is 6.60. The molecule has 1 aromatic heterocycles. The van der Waals surface area contributed by atoms with Gasteiger partial charge in [0.1, 0.15) is 24.3 Å². The summed E-state index contributed by atoms with van der Waals surface area (Å²) in [6, 6.07) is 9.41. The predicted octanol–water partition coefficient (Wildman–Crippen LogP) is 2.79. The summed E-state index contributed by atoms with van der Waals surface area (Å²) in [5.41, 5.74) is 0.571. The van der Waals surface area contributed by atoms with Crippen LogP contribution in [0.25, 0.3) is 0 Å². The second-order valence-electron chi connectivity index (χ2n) is 4.24. The quantitative estimate of drug-likeness (QED) is 0.797. The zero-order valence-corrected chi connectivity index (χ0v) is 11.0. The highest BCUT2D eigenvalue weighted by Gasteiger charge is 2.04. The van der Waals surface area contributed by atoms with E-state index in [1.54, 1.807) is 6.07 Å². The summed E-state index contributed by atoms with van der Waals surface area (Å²) in [6.45, 7) is 3.42. The minimum Gasteiger partial charge on any atom is -0.490 e. The molecule has 2 rings (SSSR count). The zero-order chi connectivity index (χ0) is 13.5. The van der Waals surface area contributed by atoms with Crippen LogP contribution < -0.4 is 4.74 Å². The summed E-state index contributed by atoms with van der Waals surface area (Å²) >= 11 is 0. The van der Waals surface area contributed by atoms with Crippen molar-refractivity contribution >= 4 is 0 Å². The molecule has 1 aromatic carbocycles. The van der Waals surface area contributed by atoms with Crippen molar-refractivity contribution in [2.75, 3.05) is 6.61 Å². The maximum absolute atomic E-state index is 8.97. The summed E-state index contributed by atoms with van der Waals surface area (Å²) in [5, 5.41) is 8.97. The number of nitriles is 1. The number of hydrogen-bond acceptors (Lipinski definition) is 3. The van der Waals surface area contributed by atoms with Crippen molar-refractivity contribution in [3.63, 3.8) is 0 Å². The van der Waals surface area contributed by atoms with Crippen LogP contribution in [-0.4, -0.2) is 16.2 Å². The number of para-hydroxylation sites is 1. The number of imidazole rings is 1. The van der Waals surface area contributed by atoms with Crippen LogP contribution in [0.5, 0.6) is 5.75 Å². The Morgan fingerprint density at radius 3 is 3.00 bits per heavy atom. The van der Waals surface area contributed by atoms with Gasteiger partial charge in [-0.15, -0.1) is 0 Å². The first-order valence-electron chi connectivity index (χ1n) is 6.47. The van der Waals surface area contributed by atoms with E-state index in [1.165, 1.54) is 0 Å². The molecule has 0 atom stereocenters. The normalized spacial score (nSPS) is 10.1. The Bertz CT molecular complexity index is 569. The van der Waals surface area contributed by atoms with E-state index < -0.39 is 0 Å². The average molecular weight is 255 g/mol. The van der Waals surface area contributed by atoms with Crippen molar-refractivity contribution < 1.29 is 4.74 Å². The number of ether oxygens (including phenoxy) is 1. The molecule has 4 nitrogen and oxygen atoms in total. The molecule has 0 bridgehead atoms. The van der Waals surface area contributed by atoms with E-state index in [9.17, 15) is 0 Å². The molecule has 98 valence electrons. The van der Waals surface area contributed by atoms with Gasteiger partial charge in [-0.1, -0.05) is 19.1 Å². The van der Waals surface area contributed by atoms with Gasteiger partial charge < -0.3 is 9.30 Å². The third-order valence-corrected chi connectivity index (χ3v) is 2.87. The van der Waals surface area contributed by atoms with Gasteiger partial charge in [-0.25, -0.2) is 4.98 Å². The van der Waals surface area contributed by atoms with Gasteiger partial charge in [0.05, 0.1) is 12.1 Å². The van der Waals surface area contributed by atoms with Gasteiger partial charge in [0.25, 0.3) is 0 Å². The average Bonchev–Trinajstić information content (AvgIpc) is 2.87. The minimum atomic E-state index is 0.533. The Morgan fingerprint density at radius 1 is 1.37 bits per heavy atom. The van der Waals surface area contributed by atoms with Crippen LogP contribution in [0, 0.1) is 11.3 Å². The lowest BCUT2D eigenvalue weighted by molar-refractivity contribution is 0.295. The number of aromatic nitrogens is 2. The molecule has 0 unspecified atom stereocenters. The van der Waals surface area contributed by atoms with Crippen molar-refractivity contribution in [1.29, 1.82) is 5.26 Å². The Labute approximate surface area is 113 Å². The summed E-state index contributed by atoms with van der Waals surface area (Å²) in [6.07, 6.45) is 5.83. The Morgan fingerprint density at radius 2 is 2.21 bits per heavy atom. The predicted molar refractivity (Wildman–Crippen MR) is 72.9 cm³/mol. The Kier molecular flexibility index (Phi) is 4.57. The van der Waals surface area contributed by atoms with Crippen LogP contribution in [0.4, 0.5) is 0 Å². The smallest absolute Gasteiger partial charge is 0.137 e. The molecular formula is C15H17N3O. The van der Waals surface area contributed by atoms with Gasteiger partial charge in [0, 0.05) is 18.8 Å². The molecule has 19 heavy (non-hydrogen) atoms. The molecule has 4 heteroatoms. The van der Waals surface area contributed by atoms with Crippen molar-refractivity contribution in [2.45, 2.75) is 26.3 Å². The highest BCUT2D eigenvalue weighted by molar-refractivity contribution is 5.42. The summed E-state index contributed by atoms with van der Waals surface area (Å²) in [7, 11) is 0. The van der Waals surface area contributed by atoms with Crippen molar-refractivity contribution in [1.82, 2.24) is 9.55 Å². The molecule has 0 aliphatic carbocycles. The second-order valence-corrected chi connectivity index (χ2v) is 4.24. The van der Waals surface area contributed by atoms with Gasteiger partial charge in [-0.2, -0.15) is 5.26 Å². The van der Waals surface area contributed by atoms with Crippen LogP contribution in [0.2, 0.25) is 0 Å². The van der Waals surface area contributed by atoms with E-state index in [4.69, 9.17) is 10.00 Å². The SMILES string of the molecule is CCCc1nccn1CCOc1ccccc1C#N. The van der Waals surface area contributed by atoms with E-state index >= 15 is 0 Å². The van der Waals surface area contributed by atoms with E-state index in [1.807, 2.05) is 30.6 Å². The fourth-order valence-corrected chi connectivity index (χ4v) is 1.93. The molecule has 0 saturated heterocycles. The maximum atomic E-state index is 8.97. The van der Waals surface area contributed by atoms with E-state index in [0.717, 1.165) is 25.2 Å². The topological polar surface area (TPSA) is 50.8 Å². The van der Waals surface area contributed by atoms with Crippen LogP contribution in [0.1, 0.15) is 24.7 Å². The molecular weight excluding hydrogens is 238 g/mol. The molecule has 0 spiro atoms. The number of benzene rings is 1. The summed E-state index contributed by atoms with van der Waals surface area (Å²) in [5.74, 6) is 1.72. The molecule has 0 amide bonds. The van der Waals surface area contributed by atoms with Gasteiger partial charge in [-0.05, 0) is 18.6 Å². The molecule has 0 fully saturated rings. The highest BCUT2D eigenvalue weighted by atomic mass is 16.5. The first-order valence-corrected chi connectivity index (χ1v) is 6.47. The lowest BCUT2D eigenvalue weighted by atomic mass is 10.2. The molecule has 2 aromatic rings. The molecule has 0 saturated carbocycles. The molecule has 1 heterocycles. The largest absolute Gasteiger partial charge is 0.490 e. The molecule has 0 N–H and O–H groups in total. The van der Waals surface area contributed by atoms with Gasteiger partial charge in [0.2, 0.25) is 0 Å². The lowest BCUT2D eigenvalue weighted by Gasteiger charge is -2.10. The van der Waals surface area contributed by atoms with Gasteiger partial charge in [0.15, 0.2) is 0 Å². The molecule has 0 radical (unpaired) electrons. The number of rotatable bonds is 6. The third kappa shape index (κ3) is 3.35. The van der Waals surface area contributed by atoms with E-state index in [-0.39, 0.29) is 0 Å². The molecule has 0 aliphatic heterocycles. The van der Waals surface area contributed by atoms with Gasteiger partial charge >= 0.3 is 0 Å². The Hall–Kier alpha value is -2.28. The van der Waals surface area contributed by atoms with Crippen molar-refractivity contribution in [2.24, 2.45) is 0 Å². The van der Waals surface area contributed by atoms with Crippen LogP contribution in [0.15, 0.2) is 36.7 Å². The summed E-state index contributed by atoms with van der Waals surface area (Å²) < 4.78 is 7.76. The first kappa shape index (κ1) is 13.2. The summed E-state index contributed by atoms with van der Waals surface area (Å²) in [4.78, 5) is 4.32. The van der Waals surface area contributed by atoms with Crippen molar-refractivity contribution in [3.05, 3.63) is 48.0 Å². The Balaban J connectivity index is 1.93. The third-order valence-electron chi connectivity index (χ3n) is 2.87. The van der Waals surface area contributed by atoms with Crippen LogP contribution >= 0.6 is 0 Å². The fourth-order valence-electron chi connectivity index (χ4n) is 1.93. The monoisotopic (exact) mass is 255 g/mol. The van der Waals surface area contributed by atoms with Crippen LogP contribution in [0.3, 0.4) is 0 Å². The van der Waals surface area contributed by atoms with Crippen LogP contribution in [-0.2, 0) is 13.0 Å². The van der Waals surface area contributed by atoms with E-state index in [0.29, 0.717) is 17.9 Å². The zero-order valence-electron chi connectivity index (χ0n) is 11.0. The van der Waals surface area contributed by atoms with Crippen molar-refractivity contribution in [3.8, 4) is 11.8 Å². The molecule has 0 aliphatic rings. The maximum Gasteiger partial charge on any atom is 0.137 e. The van der Waals surface area contributed by atoms with Gasteiger partial charge in [-0.3, -0.25) is 0 Å². The van der Waals surface area contributed by atoms with E-state index in [2.05, 4.69) is 22.5 Å². The standard InChI is InChI=1S/C15H17N3O/c1-2-5-15-17-8-9-18(15)10-11-19-14-7-4-3-6-13(14)12-16/h3-4,6-9H,2,5,10-11H2,1H3. The number of aryl methyl sites for hydroxylation is 1. The minimum absolute atomic E-state index is 0.533. The number of hydrogen-bond donors (Lipinski definition) is 0. The first-order chi connectivity index (χ1) is 9.35. The fraction of sp³-hybridized carbons (Fsp3) is 0.333. The lowest BCUT2D eigenvalue weighted by Crippen LogP contribution is -2.11. The number of nitrogens with zero attached hydrogens (tertiary/aromatic N) is 3. The highest BCUT2D eigenvalue weighted by Crippen LogP contribution is 2.16.